The summed E-state index contributed by atoms with van der Waals surface area (Å²) < 4.78 is 31.0. The van der Waals surface area contributed by atoms with Gasteiger partial charge in [0.1, 0.15) is 5.78 Å². The van der Waals surface area contributed by atoms with Crippen LogP contribution in [0.2, 0.25) is 0 Å². The molecule has 2 saturated carbocycles. The van der Waals surface area contributed by atoms with Gasteiger partial charge in [-0.25, -0.2) is 0 Å². The van der Waals surface area contributed by atoms with Crippen molar-refractivity contribution in [2.45, 2.75) is 33.1 Å². The van der Waals surface area contributed by atoms with Crippen molar-refractivity contribution in [3.63, 3.8) is 0 Å². The first-order chi connectivity index (χ1) is 6.69. The second kappa shape index (κ2) is 3.92. The second-order valence-corrected chi connectivity index (χ2v) is 6.85. The summed E-state index contributed by atoms with van der Waals surface area (Å²) >= 11 is 0. The molecule has 6 heteroatoms. The molecule has 0 heterocycles. The molecule has 4 nitrogen and oxygen atoms in total. The maximum Gasteiger partial charge on any atom is 0.265 e. The molecule has 0 aromatic heterocycles. The smallest absolute Gasteiger partial charge is 0.265 e. The normalized spacial score (nSPS) is 36.2. The number of carbonyl (C=O) groups is 1. The fourth-order valence-corrected chi connectivity index (χ4v) is 4.72. The standard InChI is InChI=1S/C10H16O4S.Ag/c1-9(2)7-3-4-10(9,8(11)5-7)6-15(12,13)14;/h7H,3-6H2,1-2H3,(H,12,13,14);/t7-,10+;/m0./s1. The summed E-state index contributed by atoms with van der Waals surface area (Å²) in [5.74, 6) is -0.101. The number of carbonyl (C=O) groups excluding carboxylic acids is 1. The van der Waals surface area contributed by atoms with Crippen molar-refractivity contribution in [1.29, 1.82) is 0 Å². The number of rotatable bonds is 2. The van der Waals surface area contributed by atoms with Gasteiger partial charge in [0.2, 0.25) is 0 Å². The Kier molecular flexibility index (Phi) is 3.52. The number of ketones is 1. The molecule has 2 bridgehead atoms. The molecule has 16 heavy (non-hydrogen) atoms. The average molecular weight is 340 g/mol. The van der Waals surface area contributed by atoms with Gasteiger partial charge in [0.05, 0.1) is 11.2 Å². The third-order valence-electron chi connectivity index (χ3n) is 4.57. The van der Waals surface area contributed by atoms with E-state index in [4.69, 9.17) is 4.55 Å². The first-order valence-corrected chi connectivity index (χ1v) is 6.78. The van der Waals surface area contributed by atoms with Crippen LogP contribution in [0, 0.1) is 16.7 Å². The van der Waals surface area contributed by atoms with Crippen molar-refractivity contribution in [2.75, 3.05) is 5.75 Å². The van der Waals surface area contributed by atoms with Gasteiger partial charge in [0.25, 0.3) is 10.1 Å². The molecule has 0 aromatic rings. The van der Waals surface area contributed by atoms with Crippen molar-refractivity contribution in [3.05, 3.63) is 0 Å². The molecule has 2 atom stereocenters. The molecule has 1 N–H and O–H groups in total. The minimum atomic E-state index is -4.08. The van der Waals surface area contributed by atoms with E-state index in [2.05, 4.69) is 0 Å². The summed E-state index contributed by atoms with van der Waals surface area (Å²) in [6.07, 6.45) is 1.97. The van der Waals surface area contributed by atoms with Gasteiger partial charge in [-0.2, -0.15) is 8.42 Å². The van der Waals surface area contributed by atoms with Crippen LogP contribution >= 0.6 is 0 Å². The number of fused-ring (bicyclic) bond motifs is 2. The third-order valence-corrected chi connectivity index (χ3v) is 5.43. The predicted molar refractivity (Wildman–Crippen MR) is 55.0 cm³/mol. The van der Waals surface area contributed by atoms with E-state index in [9.17, 15) is 13.2 Å². The summed E-state index contributed by atoms with van der Waals surface area (Å²) in [5.41, 5.74) is -1.12. The Bertz CT molecular complexity index is 415. The maximum absolute atomic E-state index is 11.9. The molecule has 0 unspecified atom stereocenters. The molecule has 1 radical (unpaired) electrons. The second-order valence-electron chi connectivity index (χ2n) is 5.39. The van der Waals surface area contributed by atoms with E-state index in [1.807, 2.05) is 13.8 Å². The van der Waals surface area contributed by atoms with Gasteiger partial charge in [-0.05, 0) is 24.2 Å². The molecule has 2 aliphatic carbocycles. The summed E-state index contributed by atoms with van der Waals surface area (Å²) in [6.45, 7) is 3.89. The van der Waals surface area contributed by atoms with Gasteiger partial charge in [0.15, 0.2) is 0 Å². The van der Waals surface area contributed by atoms with Gasteiger partial charge < -0.3 is 0 Å². The van der Waals surface area contributed by atoms with Gasteiger partial charge in [-0.1, -0.05) is 13.8 Å². The first kappa shape index (κ1) is 14.4. The molecule has 97 valence electrons. The van der Waals surface area contributed by atoms with Crippen molar-refractivity contribution < 1.29 is 40.1 Å². The van der Waals surface area contributed by atoms with E-state index in [0.29, 0.717) is 12.8 Å². The molecule has 0 aromatic carbocycles. The minimum Gasteiger partial charge on any atom is -0.299 e. The van der Waals surface area contributed by atoms with Gasteiger partial charge >= 0.3 is 0 Å². The molecule has 0 aliphatic heterocycles. The molecule has 0 amide bonds. The molecule has 0 saturated heterocycles. The van der Waals surface area contributed by atoms with Crippen LogP contribution in [0.4, 0.5) is 0 Å². The topological polar surface area (TPSA) is 71.4 Å². The Hall–Kier alpha value is 0.320. The molecule has 0 spiro atoms. The van der Waals surface area contributed by atoms with Crippen LogP contribution in [0.1, 0.15) is 33.1 Å². The van der Waals surface area contributed by atoms with Crippen LogP contribution in [-0.2, 0) is 37.3 Å². The summed E-state index contributed by atoms with van der Waals surface area (Å²) in [7, 11) is -4.08. The Morgan fingerprint density at radius 2 is 2.00 bits per heavy atom. The fourth-order valence-electron chi connectivity index (χ4n) is 3.42. The van der Waals surface area contributed by atoms with Crippen molar-refractivity contribution in [2.24, 2.45) is 16.7 Å². The number of hydrogen-bond acceptors (Lipinski definition) is 3. The molecular formula is C10H16AgO4S. The van der Waals surface area contributed by atoms with Crippen LogP contribution < -0.4 is 0 Å². The van der Waals surface area contributed by atoms with Crippen molar-refractivity contribution in [3.8, 4) is 0 Å². The summed E-state index contributed by atoms with van der Waals surface area (Å²) in [6, 6.07) is 0. The zero-order valence-electron chi connectivity index (χ0n) is 9.29. The first-order valence-electron chi connectivity index (χ1n) is 5.17. The Morgan fingerprint density at radius 1 is 1.44 bits per heavy atom. The van der Waals surface area contributed by atoms with E-state index in [1.165, 1.54) is 0 Å². The van der Waals surface area contributed by atoms with E-state index in [-0.39, 0.29) is 39.5 Å². The maximum atomic E-state index is 11.9. The molecular weight excluding hydrogens is 324 g/mol. The molecule has 2 fully saturated rings. The fraction of sp³-hybridized carbons (Fsp3) is 0.900. The Balaban J connectivity index is 0.00000128. The van der Waals surface area contributed by atoms with E-state index >= 15 is 0 Å². The third kappa shape index (κ3) is 1.82. The van der Waals surface area contributed by atoms with E-state index < -0.39 is 21.3 Å². The Morgan fingerprint density at radius 3 is 2.31 bits per heavy atom. The van der Waals surface area contributed by atoms with Crippen LogP contribution in [0.15, 0.2) is 0 Å². The van der Waals surface area contributed by atoms with Crippen LogP contribution in [0.25, 0.3) is 0 Å². The van der Waals surface area contributed by atoms with Crippen LogP contribution in [0.3, 0.4) is 0 Å². The van der Waals surface area contributed by atoms with Crippen molar-refractivity contribution in [1.82, 2.24) is 0 Å². The van der Waals surface area contributed by atoms with Crippen LogP contribution in [0.5, 0.6) is 0 Å². The number of Topliss-reactive ketones (excluding diaryl/α,β-unsaturated/α-hetero) is 1. The SMILES string of the molecule is CC1(C)[C@H]2CC[C@@]1(CS(=O)(=O)O)C(=O)C2.[Ag]. The molecule has 2 rings (SSSR count). The van der Waals surface area contributed by atoms with Gasteiger partial charge in [-0.15, -0.1) is 0 Å². The van der Waals surface area contributed by atoms with E-state index in [1.54, 1.807) is 0 Å². The Labute approximate surface area is 111 Å². The van der Waals surface area contributed by atoms with Gasteiger partial charge in [-0.3, -0.25) is 9.35 Å². The zero-order chi connectivity index (χ0) is 11.5. The van der Waals surface area contributed by atoms with Crippen molar-refractivity contribution >= 4 is 15.9 Å². The quantitative estimate of drug-likeness (QED) is 0.607. The summed E-state index contributed by atoms with van der Waals surface area (Å²) in [4.78, 5) is 11.9. The monoisotopic (exact) mass is 339 g/mol. The summed E-state index contributed by atoms with van der Waals surface area (Å²) in [5, 5.41) is 0. The van der Waals surface area contributed by atoms with Crippen LogP contribution in [-0.4, -0.2) is 24.5 Å². The minimum absolute atomic E-state index is 0. The van der Waals surface area contributed by atoms with E-state index in [0.717, 1.165) is 6.42 Å². The average Bonchev–Trinajstić information content (AvgIpc) is 2.34. The zero-order valence-corrected chi connectivity index (χ0v) is 11.6. The largest absolute Gasteiger partial charge is 0.299 e. The predicted octanol–water partition coefficient (Wildman–Crippen LogP) is 1.27. The van der Waals surface area contributed by atoms with Gasteiger partial charge in [0, 0.05) is 28.8 Å². The number of hydrogen-bond donors (Lipinski definition) is 1. The molecule has 2 aliphatic rings.